The molecule has 0 spiro atoms. The van der Waals surface area contributed by atoms with Crippen LogP contribution in [0.2, 0.25) is 0 Å². The lowest BCUT2D eigenvalue weighted by molar-refractivity contribution is 0.306. The number of aromatic nitrogens is 4. The van der Waals surface area contributed by atoms with Crippen LogP contribution in [0, 0.1) is 0 Å². The number of rotatable bonds is 6. The Kier molecular flexibility index (Phi) is 5.51. The highest BCUT2D eigenvalue weighted by molar-refractivity contribution is 9.10. The van der Waals surface area contributed by atoms with Gasteiger partial charge in [-0.15, -0.1) is 10.2 Å². The molecule has 0 amide bonds. The Morgan fingerprint density at radius 3 is 2.66 bits per heavy atom. The summed E-state index contributed by atoms with van der Waals surface area (Å²) in [6, 6.07) is 23.8. The van der Waals surface area contributed by atoms with E-state index in [9.17, 15) is 0 Å². The van der Waals surface area contributed by atoms with Crippen molar-refractivity contribution in [3.8, 4) is 5.75 Å². The van der Waals surface area contributed by atoms with Crippen molar-refractivity contribution in [3.05, 3.63) is 88.4 Å². The molecule has 3 aromatic carbocycles. The number of ether oxygens (including phenoxy) is 1. The Bertz CT molecular complexity index is 1410. The van der Waals surface area contributed by atoms with E-state index in [1.807, 2.05) is 84.4 Å². The summed E-state index contributed by atoms with van der Waals surface area (Å²) in [7, 11) is 1.96. The van der Waals surface area contributed by atoms with Crippen LogP contribution in [0.1, 0.15) is 11.1 Å². The molecule has 0 saturated heterocycles. The van der Waals surface area contributed by atoms with Crippen LogP contribution in [0.5, 0.6) is 5.75 Å². The number of aryl methyl sites for hydroxylation is 1. The highest BCUT2D eigenvalue weighted by atomic mass is 79.9. The Balaban J connectivity index is 1.26. The summed E-state index contributed by atoms with van der Waals surface area (Å²) in [5, 5.41) is 13.8. The third-order valence-corrected chi connectivity index (χ3v) is 5.56. The molecular weight excluding hydrogens is 468 g/mol. The van der Waals surface area contributed by atoms with Crippen molar-refractivity contribution >= 4 is 50.2 Å². The average molecular weight is 487 g/mol. The molecule has 2 heterocycles. The van der Waals surface area contributed by atoms with Crippen molar-refractivity contribution in [1.29, 1.82) is 0 Å². The van der Waals surface area contributed by atoms with Gasteiger partial charge in [0.15, 0.2) is 5.65 Å². The van der Waals surface area contributed by atoms with Crippen molar-refractivity contribution in [3.63, 3.8) is 0 Å². The summed E-state index contributed by atoms with van der Waals surface area (Å²) < 4.78 is 8.79. The summed E-state index contributed by atoms with van der Waals surface area (Å²) in [5.74, 6) is 1.14. The largest absolute Gasteiger partial charge is 0.489 e. The van der Waals surface area contributed by atoms with E-state index in [2.05, 4.69) is 41.6 Å². The number of hydrogen-bond acceptors (Lipinski definition) is 6. The van der Waals surface area contributed by atoms with Gasteiger partial charge in [-0.25, -0.2) is 5.43 Å². The minimum atomic E-state index is 0.335. The Labute approximate surface area is 192 Å². The number of nitrogens with zero attached hydrogens (tertiary/aromatic N) is 5. The van der Waals surface area contributed by atoms with E-state index in [1.165, 1.54) is 0 Å². The Hall–Kier alpha value is -3.78. The van der Waals surface area contributed by atoms with Crippen LogP contribution >= 0.6 is 15.9 Å². The van der Waals surface area contributed by atoms with E-state index in [-0.39, 0.29) is 0 Å². The molecule has 0 aliphatic rings. The summed E-state index contributed by atoms with van der Waals surface area (Å²) in [6.07, 6.45) is 1.70. The number of benzene rings is 3. The van der Waals surface area contributed by atoms with Crippen LogP contribution < -0.4 is 10.2 Å². The number of hydrogen-bond donors (Lipinski definition) is 1. The van der Waals surface area contributed by atoms with Gasteiger partial charge in [0.05, 0.1) is 11.7 Å². The highest BCUT2D eigenvalue weighted by Gasteiger charge is 2.12. The van der Waals surface area contributed by atoms with Crippen LogP contribution in [0.15, 0.2) is 82.4 Å². The minimum Gasteiger partial charge on any atom is -0.489 e. The van der Waals surface area contributed by atoms with E-state index in [4.69, 9.17) is 4.74 Å². The van der Waals surface area contributed by atoms with Crippen LogP contribution in [-0.4, -0.2) is 26.0 Å². The second-order valence-corrected chi connectivity index (χ2v) is 8.16. The van der Waals surface area contributed by atoms with Gasteiger partial charge in [0.1, 0.15) is 17.9 Å². The average Bonchev–Trinajstić information content (AvgIpc) is 3.10. The van der Waals surface area contributed by atoms with Gasteiger partial charge in [0.2, 0.25) is 0 Å². The first kappa shape index (κ1) is 20.1. The molecule has 0 unspecified atom stereocenters. The zero-order valence-electron chi connectivity index (χ0n) is 17.2. The molecule has 2 aromatic heterocycles. The monoisotopic (exact) mass is 486 g/mol. The van der Waals surface area contributed by atoms with Crippen LogP contribution in [0.3, 0.4) is 0 Å². The molecule has 0 aliphatic heterocycles. The molecule has 7 nitrogen and oxygen atoms in total. The number of anilines is 1. The first-order valence-electron chi connectivity index (χ1n) is 10.0. The molecule has 0 atom stereocenters. The predicted molar refractivity (Wildman–Crippen MR) is 130 cm³/mol. The standard InChI is InChI=1S/C24H19BrN6O/c1-31-21-12-9-18(25)13-20(21)22-23(31)27-24(30-28-22)29-26-14-16-7-10-19(11-8-16)32-15-17-5-3-2-4-6-17/h2-14H,15H2,1H3,(H,27,29,30)/b26-14+. The smallest absolute Gasteiger partial charge is 0.265 e. The van der Waals surface area contributed by atoms with E-state index in [0.29, 0.717) is 12.6 Å². The fourth-order valence-corrected chi connectivity index (χ4v) is 3.79. The SMILES string of the molecule is Cn1c2ccc(Br)cc2c2nnc(N/N=C/c3ccc(OCc4ccccc4)cc3)nc21. The van der Waals surface area contributed by atoms with Gasteiger partial charge in [-0.05, 0) is 53.6 Å². The maximum atomic E-state index is 5.81. The second-order valence-electron chi connectivity index (χ2n) is 7.24. The molecule has 5 aromatic rings. The van der Waals surface area contributed by atoms with Gasteiger partial charge >= 0.3 is 0 Å². The number of nitrogens with one attached hydrogen (secondary N) is 1. The summed E-state index contributed by atoms with van der Waals surface area (Å²) in [6.45, 7) is 0.535. The van der Waals surface area contributed by atoms with Crippen molar-refractivity contribution in [2.24, 2.45) is 12.1 Å². The van der Waals surface area contributed by atoms with Gasteiger partial charge in [0.25, 0.3) is 5.95 Å². The maximum Gasteiger partial charge on any atom is 0.265 e. The molecule has 0 aliphatic carbocycles. The highest BCUT2D eigenvalue weighted by Crippen LogP contribution is 2.28. The molecule has 32 heavy (non-hydrogen) atoms. The molecule has 0 bridgehead atoms. The van der Waals surface area contributed by atoms with E-state index in [1.54, 1.807) is 6.21 Å². The normalized spacial score (nSPS) is 11.4. The molecule has 0 saturated carbocycles. The van der Waals surface area contributed by atoms with E-state index in [0.717, 1.165) is 43.4 Å². The zero-order chi connectivity index (χ0) is 21.9. The Morgan fingerprint density at radius 2 is 1.84 bits per heavy atom. The maximum absolute atomic E-state index is 5.81. The summed E-state index contributed by atoms with van der Waals surface area (Å²) >= 11 is 3.50. The van der Waals surface area contributed by atoms with Gasteiger partial charge in [-0.2, -0.15) is 10.1 Å². The van der Waals surface area contributed by atoms with Gasteiger partial charge in [-0.3, -0.25) is 0 Å². The molecule has 8 heteroatoms. The fourth-order valence-electron chi connectivity index (χ4n) is 3.43. The fraction of sp³-hybridized carbons (Fsp3) is 0.0833. The molecule has 1 N–H and O–H groups in total. The van der Waals surface area contributed by atoms with Gasteiger partial charge in [-0.1, -0.05) is 46.3 Å². The lowest BCUT2D eigenvalue weighted by Gasteiger charge is -2.06. The van der Waals surface area contributed by atoms with Gasteiger partial charge in [0, 0.05) is 16.9 Å². The minimum absolute atomic E-state index is 0.335. The van der Waals surface area contributed by atoms with Gasteiger partial charge < -0.3 is 9.30 Å². The van der Waals surface area contributed by atoms with Crippen molar-refractivity contribution < 1.29 is 4.74 Å². The quantitative estimate of drug-likeness (QED) is 0.260. The zero-order valence-corrected chi connectivity index (χ0v) is 18.8. The lowest BCUT2D eigenvalue weighted by atomic mass is 10.2. The predicted octanol–water partition coefficient (Wildman–Crippen LogP) is 5.30. The third-order valence-electron chi connectivity index (χ3n) is 5.07. The van der Waals surface area contributed by atoms with Crippen molar-refractivity contribution in [2.45, 2.75) is 6.61 Å². The molecular formula is C24H19BrN6O. The topological polar surface area (TPSA) is 77.2 Å². The number of fused-ring (bicyclic) bond motifs is 3. The third kappa shape index (κ3) is 4.17. The van der Waals surface area contributed by atoms with Crippen LogP contribution in [0.25, 0.3) is 22.1 Å². The first-order valence-corrected chi connectivity index (χ1v) is 10.8. The lowest BCUT2D eigenvalue weighted by Crippen LogP contribution is -2.00. The number of halogens is 1. The summed E-state index contributed by atoms with van der Waals surface area (Å²) in [5.41, 5.74) is 7.45. The van der Waals surface area contributed by atoms with Crippen LogP contribution in [0.4, 0.5) is 5.95 Å². The number of hydrazone groups is 1. The van der Waals surface area contributed by atoms with Crippen molar-refractivity contribution in [2.75, 3.05) is 5.43 Å². The van der Waals surface area contributed by atoms with E-state index >= 15 is 0 Å². The molecule has 5 rings (SSSR count). The molecule has 158 valence electrons. The summed E-state index contributed by atoms with van der Waals surface area (Å²) in [4.78, 5) is 4.57. The second kappa shape index (κ2) is 8.76. The molecule has 0 radical (unpaired) electrons. The molecule has 0 fully saturated rings. The van der Waals surface area contributed by atoms with Crippen LogP contribution in [-0.2, 0) is 13.7 Å². The first-order chi connectivity index (χ1) is 15.7. The Morgan fingerprint density at radius 1 is 1.03 bits per heavy atom. The van der Waals surface area contributed by atoms with Crippen molar-refractivity contribution in [1.82, 2.24) is 19.7 Å². The van der Waals surface area contributed by atoms with E-state index < -0.39 is 0 Å².